The lowest BCUT2D eigenvalue weighted by Crippen LogP contribution is -2.43. The highest BCUT2D eigenvalue weighted by Gasteiger charge is 2.43. The summed E-state index contributed by atoms with van der Waals surface area (Å²) < 4.78 is 6.90. The summed E-state index contributed by atoms with van der Waals surface area (Å²) >= 11 is 4.72. The first-order valence-corrected chi connectivity index (χ1v) is 9.01. The van der Waals surface area contributed by atoms with Crippen molar-refractivity contribution in [2.75, 3.05) is 7.11 Å². The van der Waals surface area contributed by atoms with Crippen LogP contribution in [0.4, 0.5) is 0 Å². The lowest BCUT2D eigenvalue weighted by molar-refractivity contribution is -0.153. The van der Waals surface area contributed by atoms with Crippen LogP contribution >= 0.6 is 27.3 Å². The van der Waals surface area contributed by atoms with E-state index in [0.29, 0.717) is 23.1 Å². The molecule has 23 heavy (non-hydrogen) atoms. The summed E-state index contributed by atoms with van der Waals surface area (Å²) in [4.78, 5) is 40.7. The second kappa shape index (κ2) is 5.90. The molecule has 2 aromatic heterocycles. The number of thiophene rings is 1. The van der Waals surface area contributed by atoms with E-state index in [1.807, 2.05) is 6.92 Å². The van der Waals surface area contributed by atoms with Crippen LogP contribution in [-0.2, 0) is 16.1 Å². The Morgan fingerprint density at radius 1 is 1.39 bits per heavy atom. The summed E-state index contributed by atoms with van der Waals surface area (Å²) in [5, 5.41) is 0.500. The van der Waals surface area contributed by atoms with Gasteiger partial charge in [-0.2, -0.15) is 0 Å². The number of rotatable bonds is 3. The summed E-state index contributed by atoms with van der Waals surface area (Å²) in [6, 6.07) is 0. The van der Waals surface area contributed by atoms with E-state index in [4.69, 9.17) is 4.74 Å². The number of esters is 1. The molecule has 2 aromatic rings. The molecule has 0 saturated heterocycles. The first-order valence-electron chi connectivity index (χ1n) is 7.40. The average molecular weight is 401 g/mol. The number of aromatic nitrogens is 2. The third-order valence-electron chi connectivity index (χ3n) is 4.65. The second-order valence-corrected chi connectivity index (χ2v) is 8.34. The lowest BCUT2D eigenvalue weighted by Gasteiger charge is -2.26. The Morgan fingerprint density at radius 2 is 2.04 bits per heavy atom. The number of carbonyl (C=O) groups excluding carboxylic acids is 1. The highest BCUT2D eigenvalue weighted by molar-refractivity contribution is 9.11. The van der Waals surface area contributed by atoms with Gasteiger partial charge in [0.15, 0.2) is 0 Å². The van der Waals surface area contributed by atoms with Gasteiger partial charge in [0.25, 0.3) is 5.56 Å². The zero-order valence-corrected chi connectivity index (χ0v) is 15.3. The van der Waals surface area contributed by atoms with Crippen LogP contribution < -0.4 is 11.2 Å². The number of nitrogens with zero attached hydrogens (tertiary/aromatic N) is 1. The Bertz CT molecular complexity index is 889. The normalized spacial score (nSPS) is 16.8. The minimum absolute atomic E-state index is 0.0662. The maximum Gasteiger partial charge on any atom is 0.329 e. The molecule has 0 aliphatic heterocycles. The van der Waals surface area contributed by atoms with E-state index >= 15 is 0 Å². The Morgan fingerprint density at radius 3 is 2.65 bits per heavy atom. The number of hydrogen-bond donors (Lipinski definition) is 1. The van der Waals surface area contributed by atoms with Crippen molar-refractivity contribution in [3.05, 3.63) is 30.2 Å². The van der Waals surface area contributed by atoms with Gasteiger partial charge in [-0.05, 0) is 41.3 Å². The fourth-order valence-electron chi connectivity index (χ4n) is 3.36. The van der Waals surface area contributed by atoms with Crippen LogP contribution in [-0.4, -0.2) is 22.6 Å². The van der Waals surface area contributed by atoms with Crippen molar-refractivity contribution in [1.82, 2.24) is 9.55 Å². The molecule has 0 radical (unpaired) electrons. The summed E-state index contributed by atoms with van der Waals surface area (Å²) in [5.41, 5.74) is -0.802. The first-order chi connectivity index (χ1) is 10.9. The molecule has 0 atom stereocenters. The minimum Gasteiger partial charge on any atom is -0.469 e. The van der Waals surface area contributed by atoms with E-state index < -0.39 is 11.1 Å². The summed E-state index contributed by atoms with van der Waals surface area (Å²) in [7, 11) is 1.35. The molecule has 2 heterocycles. The van der Waals surface area contributed by atoms with Gasteiger partial charge in [-0.25, -0.2) is 4.79 Å². The maximum absolute atomic E-state index is 12.8. The number of halogens is 1. The predicted octanol–water partition coefficient (Wildman–Crippen LogP) is 2.56. The van der Waals surface area contributed by atoms with Crippen LogP contribution in [0.2, 0.25) is 0 Å². The van der Waals surface area contributed by atoms with Crippen LogP contribution in [0.3, 0.4) is 0 Å². The largest absolute Gasteiger partial charge is 0.469 e. The van der Waals surface area contributed by atoms with Crippen LogP contribution in [0.1, 0.15) is 31.2 Å². The van der Waals surface area contributed by atoms with Crippen molar-refractivity contribution in [2.45, 2.75) is 39.2 Å². The van der Waals surface area contributed by atoms with Gasteiger partial charge in [0.05, 0.1) is 21.7 Å². The maximum atomic E-state index is 12.8. The van der Waals surface area contributed by atoms with E-state index in [1.165, 1.54) is 18.4 Å². The van der Waals surface area contributed by atoms with Crippen LogP contribution in [0.5, 0.6) is 0 Å². The molecular formula is C15H17BrN2O4S. The lowest BCUT2D eigenvalue weighted by atomic mass is 9.86. The van der Waals surface area contributed by atoms with Gasteiger partial charge in [-0.15, -0.1) is 11.3 Å². The van der Waals surface area contributed by atoms with Crippen LogP contribution in [0.25, 0.3) is 10.2 Å². The van der Waals surface area contributed by atoms with Crippen LogP contribution in [0, 0.1) is 12.3 Å². The van der Waals surface area contributed by atoms with Gasteiger partial charge in [-0.3, -0.25) is 19.1 Å². The molecule has 3 rings (SSSR count). The van der Waals surface area contributed by atoms with Gasteiger partial charge in [0.1, 0.15) is 4.83 Å². The highest BCUT2D eigenvalue weighted by atomic mass is 79.9. The molecule has 1 N–H and O–H groups in total. The number of hydrogen-bond acceptors (Lipinski definition) is 5. The Labute approximate surface area is 144 Å². The fraction of sp³-hybridized carbons (Fsp3) is 0.533. The van der Waals surface area contributed by atoms with Crippen LogP contribution in [0.15, 0.2) is 13.4 Å². The van der Waals surface area contributed by atoms with E-state index in [2.05, 4.69) is 20.9 Å². The van der Waals surface area contributed by atoms with Gasteiger partial charge < -0.3 is 4.74 Å². The molecule has 1 fully saturated rings. The molecule has 0 bridgehead atoms. The Hall–Kier alpha value is -1.41. The third kappa shape index (κ3) is 2.57. The quantitative estimate of drug-likeness (QED) is 0.802. The summed E-state index contributed by atoms with van der Waals surface area (Å²) in [6.07, 6.45) is 3.06. The molecule has 6 nitrogen and oxygen atoms in total. The fourth-order valence-corrected chi connectivity index (χ4v) is 4.96. The standard InChI is InChI=1S/C15H17BrN2O4S/c1-8-9-11(23-10(8)16)17-14(21)18(12(9)19)7-15(13(20)22-2)5-3-4-6-15/h3-7H2,1-2H3,(H,17,21). The predicted molar refractivity (Wildman–Crippen MR) is 92.1 cm³/mol. The molecule has 0 amide bonds. The highest BCUT2D eigenvalue weighted by Crippen LogP contribution is 2.40. The number of methoxy groups -OCH3 is 1. The van der Waals surface area contributed by atoms with E-state index in [0.717, 1.165) is 26.8 Å². The number of carbonyl (C=O) groups is 1. The first kappa shape index (κ1) is 16.4. The second-order valence-electron chi connectivity index (χ2n) is 6.01. The average Bonchev–Trinajstić information content (AvgIpc) is 3.09. The van der Waals surface area contributed by atoms with E-state index in [9.17, 15) is 14.4 Å². The number of H-pyrrole nitrogens is 1. The third-order valence-corrected chi connectivity index (χ3v) is 6.73. The molecule has 1 aliphatic rings. The van der Waals surface area contributed by atoms with E-state index in [1.54, 1.807) is 0 Å². The molecule has 0 unspecified atom stereocenters. The summed E-state index contributed by atoms with van der Waals surface area (Å²) in [6.45, 7) is 1.90. The van der Waals surface area contributed by atoms with Gasteiger partial charge in [0.2, 0.25) is 0 Å². The van der Waals surface area contributed by atoms with Crippen molar-refractivity contribution >= 4 is 43.5 Å². The van der Waals surface area contributed by atoms with Crippen molar-refractivity contribution in [3.8, 4) is 0 Å². The monoisotopic (exact) mass is 400 g/mol. The number of nitrogens with one attached hydrogen (secondary N) is 1. The number of aromatic amines is 1. The molecule has 1 saturated carbocycles. The number of fused-ring (bicyclic) bond motifs is 1. The minimum atomic E-state index is -0.777. The molecule has 1 aliphatic carbocycles. The number of aryl methyl sites for hydroxylation is 1. The molecule has 124 valence electrons. The SMILES string of the molecule is COC(=O)C1(Cn2c(=O)[nH]c3sc(Br)c(C)c3c2=O)CCCC1. The smallest absolute Gasteiger partial charge is 0.329 e. The molecular weight excluding hydrogens is 384 g/mol. The topological polar surface area (TPSA) is 81.2 Å². The van der Waals surface area contributed by atoms with Crippen molar-refractivity contribution < 1.29 is 9.53 Å². The van der Waals surface area contributed by atoms with E-state index in [-0.39, 0.29) is 18.1 Å². The summed E-state index contributed by atoms with van der Waals surface area (Å²) in [5.74, 6) is -0.343. The Kier molecular flexibility index (Phi) is 4.22. The van der Waals surface area contributed by atoms with Gasteiger partial charge >= 0.3 is 11.7 Å². The van der Waals surface area contributed by atoms with Gasteiger partial charge in [0, 0.05) is 6.54 Å². The Balaban J connectivity index is 2.16. The zero-order chi connectivity index (χ0) is 16.8. The van der Waals surface area contributed by atoms with Crippen molar-refractivity contribution in [3.63, 3.8) is 0 Å². The van der Waals surface area contributed by atoms with Crippen molar-refractivity contribution in [1.29, 1.82) is 0 Å². The zero-order valence-electron chi connectivity index (χ0n) is 12.9. The molecule has 0 aromatic carbocycles. The molecule has 0 spiro atoms. The van der Waals surface area contributed by atoms with Crippen molar-refractivity contribution in [2.24, 2.45) is 5.41 Å². The number of ether oxygens (including phenoxy) is 1. The van der Waals surface area contributed by atoms with Gasteiger partial charge in [-0.1, -0.05) is 12.8 Å². The molecule has 8 heteroatoms.